The van der Waals surface area contributed by atoms with E-state index in [0.29, 0.717) is 22.8 Å². The van der Waals surface area contributed by atoms with Crippen LogP contribution in [0.4, 0.5) is 0 Å². The third-order valence-corrected chi connectivity index (χ3v) is 2.73. The topological polar surface area (TPSA) is 73.9 Å². The molecule has 6 heteroatoms. The van der Waals surface area contributed by atoms with Gasteiger partial charge in [-0.2, -0.15) is 0 Å². The molecule has 1 aromatic rings. The van der Waals surface area contributed by atoms with Crippen molar-refractivity contribution in [2.45, 2.75) is 0 Å². The average molecular weight is 263 g/mol. The summed E-state index contributed by atoms with van der Waals surface area (Å²) in [6.07, 6.45) is 1.24. The number of benzene rings is 1. The summed E-state index contributed by atoms with van der Waals surface area (Å²) in [4.78, 5) is 22.8. The molecule has 1 aliphatic rings. The number of nitrogens with one attached hydrogen (secondary N) is 1. The van der Waals surface area contributed by atoms with E-state index in [1.807, 2.05) is 0 Å². The summed E-state index contributed by atoms with van der Waals surface area (Å²) < 4.78 is 15.6. The zero-order valence-corrected chi connectivity index (χ0v) is 10.8. The summed E-state index contributed by atoms with van der Waals surface area (Å²) in [6.45, 7) is 0. The number of hydrogen-bond acceptors (Lipinski definition) is 5. The minimum Gasteiger partial charge on any atom is -0.493 e. The highest BCUT2D eigenvalue weighted by molar-refractivity contribution is 6.33. The van der Waals surface area contributed by atoms with Crippen LogP contribution >= 0.6 is 0 Å². The predicted octanol–water partition coefficient (Wildman–Crippen LogP) is 0.752. The highest BCUT2D eigenvalue weighted by Crippen LogP contribution is 2.40. The SMILES string of the molecule is COc1cc(C2=CC(=O)NC2=O)cc(OC)c1OC. The number of ether oxygens (including phenoxy) is 3. The molecule has 0 aromatic heterocycles. The lowest BCUT2D eigenvalue weighted by molar-refractivity contribution is -0.123. The first-order valence-corrected chi connectivity index (χ1v) is 5.48. The summed E-state index contributed by atoms with van der Waals surface area (Å²) in [5, 5.41) is 2.19. The summed E-state index contributed by atoms with van der Waals surface area (Å²) in [7, 11) is 4.45. The van der Waals surface area contributed by atoms with Gasteiger partial charge in [-0.1, -0.05) is 0 Å². The molecule has 0 unspecified atom stereocenters. The van der Waals surface area contributed by atoms with Crippen molar-refractivity contribution in [2.24, 2.45) is 0 Å². The van der Waals surface area contributed by atoms with E-state index < -0.39 is 11.8 Å². The smallest absolute Gasteiger partial charge is 0.258 e. The molecule has 0 atom stereocenters. The number of imide groups is 1. The Morgan fingerprint density at radius 1 is 0.947 bits per heavy atom. The van der Waals surface area contributed by atoms with E-state index in [0.717, 1.165) is 0 Å². The molecular weight excluding hydrogens is 250 g/mol. The molecule has 0 bridgehead atoms. The standard InChI is InChI=1S/C13H13NO5/c1-17-9-4-7(5-10(18-2)12(9)19-3)8-6-11(15)14-13(8)16/h4-6H,1-3H3,(H,14,15,16). The molecule has 0 saturated heterocycles. The maximum Gasteiger partial charge on any atom is 0.258 e. The Balaban J connectivity index is 2.57. The third-order valence-electron chi connectivity index (χ3n) is 2.73. The van der Waals surface area contributed by atoms with E-state index in [1.54, 1.807) is 12.1 Å². The maximum atomic E-state index is 11.6. The lowest BCUT2D eigenvalue weighted by Gasteiger charge is -2.13. The van der Waals surface area contributed by atoms with Crippen molar-refractivity contribution >= 4 is 17.4 Å². The van der Waals surface area contributed by atoms with Crippen LogP contribution in [0.15, 0.2) is 18.2 Å². The molecule has 2 rings (SSSR count). The Labute approximate surface area is 110 Å². The second-order valence-corrected chi connectivity index (χ2v) is 3.79. The minimum atomic E-state index is -0.445. The van der Waals surface area contributed by atoms with Crippen LogP contribution in [0.5, 0.6) is 17.2 Å². The monoisotopic (exact) mass is 263 g/mol. The van der Waals surface area contributed by atoms with Crippen LogP contribution in [-0.2, 0) is 9.59 Å². The van der Waals surface area contributed by atoms with E-state index in [1.165, 1.54) is 27.4 Å². The first kappa shape index (κ1) is 12.9. The predicted molar refractivity (Wildman–Crippen MR) is 67.2 cm³/mol. The number of amides is 2. The molecule has 1 aromatic carbocycles. The zero-order valence-electron chi connectivity index (χ0n) is 10.8. The van der Waals surface area contributed by atoms with Gasteiger partial charge in [0.25, 0.3) is 11.8 Å². The van der Waals surface area contributed by atoms with Crippen LogP contribution in [0.3, 0.4) is 0 Å². The number of carbonyl (C=O) groups excluding carboxylic acids is 2. The molecule has 1 N–H and O–H groups in total. The molecule has 1 aliphatic heterocycles. The highest BCUT2D eigenvalue weighted by Gasteiger charge is 2.24. The van der Waals surface area contributed by atoms with Crippen LogP contribution in [0, 0.1) is 0 Å². The Bertz CT molecular complexity index is 551. The van der Waals surface area contributed by atoms with Crippen molar-refractivity contribution in [2.75, 3.05) is 21.3 Å². The van der Waals surface area contributed by atoms with Crippen LogP contribution in [0.1, 0.15) is 5.56 Å². The molecule has 0 saturated carbocycles. The first-order valence-electron chi connectivity index (χ1n) is 5.48. The fourth-order valence-electron chi connectivity index (χ4n) is 1.86. The van der Waals surface area contributed by atoms with Crippen LogP contribution in [0.2, 0.25) is 0 Å². The molecule has 0 spiro atoms. The molecule has 100 valence electrons. The second-order valence-electron chi connectivity index (χ2n) is 3.79. The van der Waals surface area contributed by atoms with Crippen LogP contribution < -0.4 is 19.5 Å². The lowest BCUT2D eigenvalue weighted by Crippen LogP contribution is -2.21. The lowest BCUT2D eigenvalue weighted by atomic mass is 10.0. The number of carbonyl (C=O) groups is 2. The molecule has 6 nitrogen and oxygen atoms in total. The Kier molecular flexibility index (Phi) is 3.41. The van der Waals surface area contributed by atoms with Gasteiger partial charge in [0.1, 0.15) is 0 Å². The number of methoxy groups -OCH3 is 3. The van der Waals surface area contributed by atoms with Crippen LogP contribution in [-0.4, -0.2) is 33.1 Å². The minimum absolute atomic E-state index is 0.268. The van der Waals surface area contributed by atoms with Gasteiger partial charge in [-0.3, -0.25) is 14.9 Å². The Hall–Kier alpha value is -2.50. The summed E-state index contributed by atoms with van der Waals surface area (Å²) in [5.41, 5.74) is 0.794. The average Bonchev–Trinajstić information content (AvgIpc) is 2.75. The van der Waals surface area contributed by atoms with Crippen LogP contribution in [0.25, 0.3) is 5.57 Å². The van der Waals surface area contributed by atoms with Gasteiger partial charge in [0.05, 0.1) is 26.9 Å². The van der Waals surface area contributed by atoms with Gasteiger partial charge < -0.3 is 14.2 Å². The first-order chi connectivity index (χ1) is 9.10. The van der Waals surface area contributed by atoms with Crippen molar-refractivity contribution in [1.82, 2.24) is 5.32 Å². The van der Waals surface area contributed by atoms with E-state index in [-0.39, 0.29) is 5.57 Å². The Morgan fingerprint density at radius 2 is 1.53 bits per heavy atom. The molecule has 0 aliphatic carbocycles. The van der Waals surface area contributed by atoms with Gasteiger partial charge in [0.2, 0.25) is 5.75 Å². The van der Waals surface area contributed by atoms with Crippen molar-refractivity contribution in [3.05, 3.63) is 23.8 Å². The van der Waals surface area contributed by atoms with Crippen molar-refractivity contribution in [3.63, 3.8) is 0 Å². The molecule has 1 heterocycles. The van der Waals surface area contributed by atoms with Gasteiger partial charge >= 0.3 is 0 Å². The van der Waals surface area contributed by atoms with Gasteiger partial charge in [0, 0.05) is 6.08 Å². The van der Waals surface area contributed by atoms with E-state index in [2.05, 4.69) is 5.32 Å². The fourth-order valence-corrected chi connectivity index (χ4v) is 1.86. The summed E-state index contributed by atoms with van der Waals surface area (Å²) >= 11 is 0. The second kappa shape index (κ2) is 5.01. The van der Waals surface area contributed by atoms with E-state index in [9.17, 15) is 9.59 Å². The largest absolute Gasteiger partial charge is 0.493 e. The molecular formula is C13H13NO5. The highest BCUT2D eigenvalue weighted by atomic mass is 16.5. The van der Waals surface area contributed by atoms with E-state index in [4.69, 9.17) is 14.2 Å². The molecule has 0 radical (unpaired) electrons. The summed E-state index contributed by atoms with van der Waals surface area (Å²) in [5.74, 6) is 0.391. The summed E-state index contributed by atoms with van der Waals surface area (Å²) in [6, 6.07) is 3.23. The number of rotatable bonds is 4. The van der Waals surface area contributed by atoms with Gasteiger partial charge in [-0.25, -0.2) is 0 Å². The fraction of sp³-hybridized carbons (Fsp3) is 0.231. The van der Waals surface area contributed by atoms with Gasteiger partial charge in [-0.05, 0) is 17.7 Å². The van der Waals surface area contributed by atoms with Crippen molar-refractivity contribution < 1.29 is 23.8 Å². The molecule has 0 fully saturated rings. The van der Waals surface area contributed by atoms with Gasteiger partial charge in [0.15, 0.2) is 11.5 Å². The maximum absolute atomic E-state index is 11.6. The molecule has 19 heavy (non-hydrogen) atoms. The van der Waals surface area contributed by atoms with Gasteiger partial charge in [-0.15, -0.1) is 0 Å². The van der Waals surface area contributed by atoms with E-state index >= 15 is 0 Å². The quantitative estimate of drug-likeness (QED) is 0.811. The third kappa shape index (κ3) is 2.24. The zero-order chi connectivity index (χ0) is 14.0. The Morgan fingerprint density at radius 3 is 1.89 bits per heavy atom. The van der Waals surface area contributed by atoms with Crippen molar-refractivity contribution in [3.8, 4) is 17.2 Å². The number of hydrogen-bond donors (Lipinski definition) is 1. The normalized spacial score (nSPS) is 13.9. The van der Waals surface area contributed by atoms with Crippen molar-refractivity contribution in [1.29, 1.82) is 0 Å². The molecule has 2 amide bonds.